The molecule has 0 atom stereocenters. The van der Waals surface area contributed by atoms with Gasteiger partial charge in [0.1, 0.15) is 11.6 Å². The van der Waals surface area contributed by atoms with Crippen molar-refractivity contribution in [3.63, 3.8) is 0 Å². The molecule has 1 N–H and O–H groups in total. The highest BCUT2D eigenvalue weighted by Gasteiger charge is 2.14. The van der Waals surface area contributed by atoms with Crippen LogP contribution < -0.4 is 4.74 Å². The molecule has 27 heavy (non-hydrogen) atoms. The smallest absolute Gasteiger partial charge is 0.336 e. The predicted octanol–water partition coefficient (Wildman–Crippen LogP) is 4.06. The molecule has 0 aliphatic rings. The largest absolute Gasteiger partial charge is 0.496 e. The first-order chi connectivity index (χ1) is 12.9. The van der Waals surface area contributed by atoms with Gasteiger partial charge >= 0.3 is 5.97 Å². The molecule has 0 spiro atoms. The third-order valence-electron chi connectivity index (χ3n) is 3.99. The third kappa shape index (κ3) is 5.99. The van der Waals surface area contributed by atoms with Gasteiger partial charge in [-0.25, -0.2) is 9.18 Å². The molecule has 0 radical (unpaired) electrons. The fourth-order valence-electron chi connectivity index (χ4n) is 2.57. The molecule has 144 valence electrons. The van der Waals surface area contributed by atoms with Gasteiger partial charge in [-0.1, -0.05) is 18.2 Å². The van der Waals surface area contributed by atoms with Crippen molar-refractivity contribution < 1.29 is 23.8 Å². The van der Waals surface area contributed by atoms with Crippen LogP contribution in [0.15, 0.2) is 47.4 Å². The van der Waals surface area contributed by atoms with Gasteiger partial charge in [0, 0.05) is 30.5 Å². The number of carbonyl (C=O) groups is 2. The molecule has 0 aliphatic heterocycles. The van der Waals surface area contributed by atoms with Gasteiger partial charge in [-0.05, 0) is 36.4 Å². The summed E-state index contributed by atoms with van der Waals surface area (Å²) in [6.45, 7) is 0.455. The predicted molar refractivity (Wildman–Crippen MR) is 103 cm³/mol. The summed E-state index contributed by atoms with van der Waals surface area (Å²) < 4.78 is 18.5. The quantitative estimate of drug-likeness (QED) is 0.516. The van der Waals surface area contributed by atoms with Crippen LogP contribution >= 0.6 is 11.8 Å². The SMILES string of the molecule is COc1ccccc1CN(C)C(=O)CCCSc1ccc(F)cc1C(=O)O. The number of hydrogen-bond acceptors (Lipinski definition) is 4. The van der Waals surface area contributed by atoms with Crippen molar-refractivity contribution in [1.29, 1.82) is 0 Å². The molecule has 2 rings (SSSR count). The minimum atomic E-state index is -1.16. The number of para-hydroxylation sites is 1. The van der Waals surface area contributed by atoms with Gasteiger partial charge in [0.2, 0.25) is 5.91 Å². The lowest BCUT2D eigenvalue weighted by molar-refractivity contribution is -0.130. The van der Waals surface area contributed by atoms with Gasteiger partial charge in [0.05, 0.1) is 12.7 Å². The molecular formula is C20H22FNO4S. The summed E-state index contributed by atoms with van der Waals surface area (Å²) in [5.74, 6) is -0.432. The minimum absolute atomic E-state index is 0.000861. The zero-order valence-corrected chi connectivity index (χ0v) is 16.1. The Balaban J connectivity index is 1.83. The summed E-state index contributed by atoms with van der Waals surface area (Å²) in [7, 11) is 3.34. The van der Waals surface area contributed by atoms with E-state index in [4.69, 9.17) is 9.84 Å². The molecule has 7 heteroatoms. The Bertz CT molecular complexity index is 812. The van der Waals surface area contributed by atoms with Crippen LogP contribution in [0.5, 0.6) is 5.75 Å². The number of hydrogen-bond donors (Lipinski definition) is 1. The van der Waals surface area contributed by atoms with Crippen LogP contribution in [0.25, 0.3) is 0 Å². The van der Waals surface area contributed by atoms with E-state index in [-0.39, 0.29) is 11.5 Å². The standard InChI is InChI=1S/C20H22FNO4S/c1-22(13-14-6-3-4-7-17(14)26-2)19(23)8-5-11-27-18-10-9-15(21)12-16(18)20(24)25/h3-4,6-7,9-10,12H,5,8,11,13H2,1-2H3,(H,24,25). The van der Waals surface area contributed by atoms with Gasteiger partial charge in [-0.2, -0.15) is 0 Å². The Morgan fingerprint density at radius 1 is 1.22 bits per heavy atom. The summed E-state index contributed by atoms with van der Waals surface area (Å²) in [5.41, 5.74) is 0.877. The molecule has 5 nitrogen and oxygen atoms in total. The average Bonchev–Trinajstić information content (AvgIpc) is 2.66. The van der Waals surface area contributed by atoms with Crippen molar-refractivity contribution in [2.75, 3.05) is 19.9 Å². The zero-order chi connectivity index (χ0) is 19.8. The molecule has 0 unspecified atom stereocenters. The number of aromatic carboxylic acids is 1. The van der Waals surface area contributed by atoms with E-state index < -0.39 is 11.8 Å². The highest BCUT2D eigenvalue weighted by molar-refractivity contribution is 7.99. The van der Waals surface area contributed by atoms with Crippen molar-refractivity contribution in [2.45, 2.75) is 24.3 Å². The van der Waals surface area contributed by atoms with E-state index in [1.165, 1.54) is 23.9 Å². The van der Waals surface area contributed by atoms with Crippen molar-refractivity contribution in [2.24, 2.45) is 0 Å². The van der Waals surface area contributed by atoms with Crippen molar-refractivity contribution in [3.8, 4) is 5.75 Å². The van der Waals surface area contributed by atoms with Gasteiger partial charge in [0.15, 0.2) is 0 Å². The van der Waals surface area contributed by atoms with Crippen LogP contribution in [0.1, 0.15) is 28.8 Å². The number of amides is 1. The second-order valence-electron chi connectivity index (χ2n) is 5.96. The molecule has 2 aromatic carbocycles. The number of carboxylic acid groups (broad SMARTS) is 1. The highest BCUT2D eigenvalue weighted by Crippen LogP contribution is 2.25. The molecule has 0 bridgehead atoms. The number of benzene rings is 2. The number of thioether (sulfide) groups is 1. The van der Waals surface area contributed by atoms with E-state index in [0.717, 1.165) is 17.4 Å². The lowest BCUT2D eigenvalue weighted by Gasteiger charge is -2.19. The maximum absolute atomic E-state index is 13.2. The van der Waals surface area contributed by atoms with E-state index in [1.54, 1.807) is 19.1 Å². The highest BCUT2D eigenvalue weighted by atomic mass is 32.2. The minimum Gasteiger partial charge on any atom is -0.496 e. The Kier molecular flexibility index (Phi) is 7.67. The number of carbonyl (C=O) groups excluding carboxylic acids is 1. The van der Waals surface area contributed by atoms with E-state index in [2.05, 4.69) is 0 Å². The molecule has 0 fully saturated rings. The average molecular weight is 391 g/mol. The number of ether oxygens (including phenoxy) is 1. The molecule has 0 saturated heterocycles. The molecule has 2 aromatic rings. The monoisotopic (exact) mass is 391 g/mol. The van der Waals surface area contributed by atoms with Crippen LogP contribution in [0.3, 0.4) is 0 Å². The summed E-state index contributed by atoms with van der Waals surface area (Å²) in [5, 5.41) is 9.14. The Hall–Kier alpha value is -2.54. The van der Waals surface area contributed by atoms with Crippen LogP contribution in [0, 0.1) is 5.82 Å². The second-order valence-corrected chi connectivity index (χ2v) is 7.10. The fourth-order valence-corrected chi connectivity index (χ4v) is 3.54. The van der Waals surface area contributed by atoms with Crippen molar-refractivity contribution in [1.82, 2.24) is 4.90 Å². The van der Waals surface area contributed by atoms with Gasteiger partial charge in [-0.3, -0.25) is 4.79 Å². The van der Waals surface area contributed by atoms with E-state index in [9.17, 15) is 14.0 Å². The second kappa shape index (κ2) is 9.97. The molecular weight excluding hydrogens is 369 g/mol. The number of carboxylic acids is 1. The van der Waals surface area contributed by atoms with Gasteiger partial charge in [0.25, 0.3) is 0 Å². The summed E-state index contributed by atoms with van der Waals surface area (Å²) in [4.78, 5) is 25.6. The van der Waals surface area contributed by atoms with Crippen LogP contribution in [-0.4, -0.2) is 41.8 Å². The maximum atomic E-state index is 13.2. The molecule has 0 saturated carbocycles. The van der Waals surface area contributed by atoms with E-state index in [0.29, 0.717) is 30.0 Å². The molecule has 0 aromatic heterocycles. The van der Waals surface area contributed by atoms with E-state index in [1.807, 2.05) is 24.3 Å². The lowest BCUT2D eigenvalue weighted by Crippen LogP contribution is -2.26. The van der Waals surface area contributed by atoms with Crippen molar-refractivity contribution in [3.05, 3.63) is 59.4 Å². The topological polar surface area (TPSA) is 66.8 Å². The van der Waals surface area contributed by atoms with Gasteiger partial charge in [-0.15, -0.1) is 11.8 Å². The Morgan fingerprint density at radius 3 is 2.67 bits per heavy atom. The number of rotatable bonds is 9. The maximum Gasteiger partial charge on any atom is 0.336 e. The Morgan fingerprint density at radius 2 is 1.96 bits per heavy atom. The third-order valence-corrected chi connectivity index (χ3v) is 5.15. The molecule has 0 aliphatic carbocycles. The Labute approximate surface area is 162 Å². The van der Waals surface area contributed by atoms with E-state index >= 15 is 0 Å². The van der Waals surface area contributed by atoms with Crippen molar-refractivity contribution >= 4 is 23.6 Å². The number of nitrogens with zero attached hydrogens (tertiary/aromatic N) is 1. The summed E-state index contributed by atoms with van der Waals surface area (Å²) in [6, 6.07) is 11.3. The summed E-state index contributed by atoms with van der Waals surface area (Å²) in [6.07, 6.45) is 0.943. The first kappa shape index (κ1) is 20.8. The van der Waals surface area contributed by atoms with Gasteiger partial charge < -0.3 is 14.7 Å². The van der Waals surface area contributed by atoms with Crippen LogP contribution in [0.4, 0.5) is 4.39 Å². The number of halogens is 1. The number of methoxy groups -OCH3 is 1. The van der Waals surface area contributed by atoms with Crippen LogP contribution in [0.2, 0.25) is 0 Å². The lowest BCUT2D eigenvalue weighted by atomic mass is 10.2. The fraction of sp³-hybridized carbons (Fsp3) is 0.300. The molecule has 1 amide bonds. The first-order valence-electron chi connectivity index (χ1n) is 8.44. The molecule has 0 heterocycles. The first-order valence-corrected chi connectivity index (χ1v) is 9.42. The zero-order valence-electron chi connectivity index (χ0n) is 15.3. The summed E-state index contributed by atoms with van der Waals surface area (Å²) >= 11 is 1.31. The van der Waals surface area contributed by atoms with Crippen LogP contribution in [-0.2, 0) is 11.3 Å². The normalized spacial score (nSPS) is 10.5.